The van der Waals surface area contributed by atoms with Crippen LogP contribution in [0.25, 0.3) is 11.1 Å². The highest BCUT2D eigenvalue weighted by molar-refractivity contribution is 5.76. The lowest BCUT2D eigenvalue weighted by Gasteiger charge is -2.28. The van der Waals surface area contributed by atoms with Crippen molar-refractivity contribution in [2.75, 3.05) is 18.5 Å². The summed E-state index contributed by atoms with van der Waals surface area (Å²) >= 11 is 0. The number of aryl methyl sites for hydroxylation is 2. The van der Waals surface area contributed by atoms with Crippen LogP contribution in [0, 0.1) is 18.3 Å². The first-order valence-corrected chi connectivity index (χ1v) is 6.89. The van der Waals surface area contributed by atoms with Crippen molar-refractivity contribution in [3.63, 3.8) is 0 Å². The number of nitrogens with zero attached hydrogens (tertiary/aromatic N) is 3. The van der Waals surface area contributed by atoms with Gasteiger partial charge in [0, 0.05) is 42.8 Å². The minimum absolute atomic E-state index is 0.727. The van der Waals surface area contributed by atoms with Crippen LogP contribution < -0.4 is 4.90 Å². The predicted octanol–water partition coefficient (Wildman–Crippen LogP) is 3.31. The summed E-state index contributed by atoms with van der Waals surface area (Å²) in [5, 5.41) is 9.45. The Morgan fingerprint density at radius 1 is 1.25 bits per heavy atom. The van der Waals surface area contributed by atoms with E-state index in [-0.39, 0.29) is 0 Å². The van der Waals surface area contributed by atoms with Crippen molar-refractivity contribution in [2.24, 2.45) is 0 Å². The van der Waals surface area contributed by atoms with E-state index < -0.39 is 0 Å². The molecule has 0 atom stereocenters. The fourth-order valence-electron chi connectivity index (χ4n) is 2.85. The molecule has 2 aromatic rings. The highest BCUT2D eigenvalue weighted by Crippen LogP contribution is 2.33. The molecule has 0 unspecified atom stereocenters. The molecule has 1 aromatic carbocycles. The van der Waals surface area contributed by atoms with E-state index in [1.165, 1.54) is 17.7 Å². The molecule has 3 heteroatoms. The van der Waals surface area contributed by atoms with Crippen LogP contribution in [0.15, 0.2) is 30.6 Å². The van der Waals surface area contributed by atoms with Crippen molar-refractivity contribution < 1.29 is 0 Å². The van der Waals surface area contributed by atoms with E-state index in [1.54, 1.807) is 0 Å². The van der Waals surface area contributed by atoms with E-state index in [2.05, 4.69) is 35.1 Å². The third-order valence-electron chi connectivity index (χ3n) is 3.88. The summed E-state index contributed by atoms with van der Waals surface area (Å²) in [4.78, 5) is 6.48. The molecule has 0 radical (unpaired) electrons. The Morgan fingerprint density at radius 2 is 2.10 bits per heavy atom. The molecule has 20 heavy (non-hydrogen) atoms. The molecule has 3 rings (SSSR count). The monoisotopic (exact) mass is 263 g/mol. The van der Waals surface area contributed by atoms with Gasteiger partial charge in [0.1, 0.15) is 0 Å². The van der Waals surface area contributed by atoms with Crippen LogP contribution in [0.1, 0.15) is 23.1 Å². The second-order valence-corrected chi connectivity index (χ2v) is 5.41. The number of hydrogen-bond donors (Lipinski definition) is 0. The highest BCUT2D eigenvalue weighted by atomic mass is 15.1. The van der Waals surface area contributed by atoms with Crippen molar-refractivity contribution in [2.45, 2.75) is 19.8 Å². The Bertz CT molecular complexity index is 698. The summed E-state index contributed by atoms with van der Waals surface area (Å²) < 4.78 is 0. The highest BCUT2D eigenvalue weighted by Gasteiger charge is 2.17. The van der Waals surface area contributed by atoms with Crippen molar-refractivity contribution >= 4 is 5.69 Å². The largest absolute Gasteiger partial charge is 0.374 e. The van der Waals surface area contributed by atoms with E-state index in [0.29, 0.717) is 0 Å². The minimum Gasteiger partial charge on any atom is -0.374 e. The summed E-state index contributed by atoms with van der Waals surface area (Å²) in [6, 6.07) is 8.60. The molecule has 0 bridgehead atoms. The zero-order valence-electron chi connectivity index (χ0n) is 11.8. The first-order valence-electron chi connectivity index (χ1n) is 6.89. The average Bonchev–Trinajstić information content (AvgIpc) is 2.46. The van der Waals surface area contributed by atoms with Gasteiger partial charge in [-0.1, -0.05) is 0 Å². The second kappa shape index (κ2) is 4.97. The van der Waals surface area contributed by atoms with Crippen LogP contribution in [0.4, 0.5) is 5.69 Å². The predicted molar refractivity (Wildman–Crippen MR) is 80.7 cm³/mol. The molecule has 0 amide bonds. The van der Waals surface area contributed by atoms with Crippen molar-refractivity contribution in [3.05, 3.63) is 47.3 Å². The zero-order chi connectivity index (χ0) is 14.1. The lowest BCUT2D eigenvalue weighted by Crippen LogP contribution is -2.24. The molecule has 2 heterocycles. The Labute approximate surface area is 119 Å². The van der Waals surface area contributed by atoms with Gasteiger partial charge in [0.2, 0.25) is 0 Å². The SMILES string of the molecule is Cc1cncc(-c2cc3c(cc2C#N)N(C)CCC3)c1. The van der Waals surface area contributed by atoms with Crippen LogP contribution >= 0.6 is 0 Å². The number of pyridine rings is 1. The van der Waals surface area contributed by atoms with Crippen molar-refractivity contribution in [1.82, 2.24) is 4.98 Å². The molecule has 0 N–H and O–H groups in total. The number of nitriles is 1. The number of aromatic nitrogens is 1. The molecule has 1 aliphatic heterocycles. The number of fused-ring (bicyclic) bond motifs is 1. The molecular weight excluding hydrogens is 246 g/mol. The molecule has 3 nitrogen and oxygen atoms in total. The zero-order valence-corrected chi connectivity index (χ0v) is 11.8. The Hall–Kier alpha value is -2.34. The van der Waals surface area contributed by atoms with Crippen LogP contribution in [0.5, 0.6) is 0 Å². The molecule has 1 aromatic heterocycles. The van der Waals surface area contributed by atoms with E-state index in [1.807, 2.05) is 25.4 Å². The van der Waals surface area contributed by atoms with Gasteiger partial charge in [-0.3, -0.25) is 4.98 Å². The van der Waals surface area contributed by atoms with E-state index in [9.17, 15) is 5.26 Å². The Kier molecular flexibility index (Phi) is 3.15. The van der Waals surface area contributed by atoms with Crippen LogP contribution in [0.3, 0.4) is 0 Å². The van der Waals surface area contributed by atoms with E-state index in [4.69, 9.17) is 0 Å². The third kappa shape index (κ3) is 2.14. The van der Waals surface area contributed by atoms with Gasteiger partial charge in [-0.25, -0.2) is 0 Å². The second-order valence-electron chi connectivity index (χ2n) is 5.41. The molecular formula is C17H17N3. The summed E-state index contributed by atoms with van der Waals surface area (Å²) in [6.07, 6.45) is 5.92. The molecule has 100 valence electrons. The summed E-state index contributed by atoms with van der Waals surface area (Å²) in [5.74, 6) is 0. The van der Waals surface area contributed by atoms with Crippen LogP contribution in [-0.2, 0) is 6.42 Å². The maximum atomic E-state index is 9.45. The number of hydrogen-bond acceptors (Lipinski definition) is 3. The van der Waals surface area contributed by atoms with Gasteiger partial charge in [0.15, 0.2) is 0 Å². The van der Waals surface area contributed by atoms with Gasteiger partial charge in [-0.05, 0) is 49.1 Å². The normalized spacial score (nSPS) is 13.8. The Morgan fingerprint density at radius 3 is 2.85 bits per heavy atom. The standard InChI is InChI=1S/C17H17N3/c1-12-6-15(11-19-10-12)16-7-13-4-3-5-20(2)17(13)8-14(16)9-18/h6-8,10-11H,3-5H2,1-2H3. The Balaban J connectivity index is 2.19. The molecule has 0 fully saturated rings. The van der Waals surface area contributed by atoms with Gasteiger partial charge in [0.25, 0.3) is 0 Å². The smallest absolute Gasteiger partial charge is 0.0998 e. The maximum Gasteiger partial charge on any atom is 0.0998 e. The van der Waals surface area contributed by atoms with Gasteiger partial charge < -0.3 is 4.90 Å². The molecule has 0 spiro atoms. The maximum absolute atomic E-state index is 9.45. The number of anilines is 1. The first-order chi connectivity index (χ1) is 9.69. The summed E-state index contributed by atoms with van der Waals surface area (Å²) in [7, 11) is 2.09. The summed E-state index contributed by atoms with van der Waals surface area (Å²) in [6.45, 7) is 3.08. The first kappa shape index (κ1) is 12.7. The molecule has 1 aliphatic rings. The lowest BCUT2D eigenvalue weighted by atomic mass is 9.93. The quantitative estimate of drug-likeness (QED) is 0.792. The van der Waals surface area contributed by atoms with E-state index >= 15 is 0 Å². The number of rotatable bonds is 1. The van der Waals surface area contributed by atoms with Crippen LogP contribution in [-0.4, -0.2) is 18.6 Å². The van der Waals surface area contributed by atoms with Crippen molar-refractivity contribution in [3.8, 4) is 17.2 Å². The fraction of sp³-hybridized carbons (Fsp3) is 0.294. The van der Waals surface area contributed by atoms with Gasteiger partial charge in [0.05, 0.1) is 11.6 Å². The van der Waals surface area contributed by atoms with Crippen LogP contribution in [0.2, 0.25) is 0 Å². The number of benzene rings is 1. The lowest BCUT2D eigenvalue weighted by molar-refractivity contribution is 0.744. The van der Waals surface area contributed by atoms with Crippen molar-refractivity contribution in [1.29, 1.82) is 5.26 Å². The summed E-state index contributed by atoms with van der Waals surface area (Å²) in [5.41, 5.74) is 6.38. The molecule has 0 saturated carbocycles. The average molecular weight is 263 g/mol. The third-order valence-corrected chi connectivity index (χ3v) is 3.88. The van der Waals surface area contributed by atoms with E-state index in [0.717, 1.165) is 35.2 Å². The molecule has 0 aliphatic carbocycles. The topological polar surface area (TPSA) is 39.9 Å². The van der Waals surface area contributed by atoms with Gasteiger partial charge in [-0.15, -0.1) is 0 Å². The van der Waals surface area contributed by atoms with Gasteiger partial charge >= 0.3 is 0 Å². The van der Waals surface area contributed by atoms with Gasteiger partial charge in [-0.2, -0.15) is 5.26 Å². The molecule has 0 saturated heterocycles. The minimum atomic E-state index is 0.727. The fourth-order valence-corrected chi connectivity index (χ4v) is 2.85.